The highest BCUT2D eigenvalue weighted by Crippen LogP contribution is 2.26. The van der Waals surface area contributed by atoms with Crippen molar-refractivity contribution in [3.63, 3.8) is 0 Å². The third kappa shape index (κ3) is 12.0. The first kappa shape index (κ1) is 37.5. The highest BCUT2D eigenvalue weighted by molar-refractivity contribution is 7.99. The Morgan fingerprint density at radius 2 is 1.73 bits per heavy atom. The second-order valence-electron chi connectivity index (χ2n) is 13.1. The van der Waals surface area contributed by atoms with Crippen LogP contribution in [0.15, 0.2) is 73.2 Å². The molecule has 3 amide bonds. The van der Waals surface area contributed by atoms with Gasteiger partial charge in [-0.15, -0.1) is 0 Å². The van der Waals surface area contributed by atoms with Crippen LogP contribution in [0, 0.1) is 11.8 Å². The van der Waals surface area contributed by atoms with Gasteiger partial charge in [0.2, 0.25) is 11.8 Å². The van der Waals surface area contributed by atoms with E-state index in [1.165, 1.54) is 0 Å². The largest absolute Gasteiger partial charge is 0.444 e. The number of ether oxygens (including phenoxy) is 3. The summed E-state index contributed by atoms with van der Waals surface area (Å²) in [6.07, 6.45) is 1.72. The Balaban J connectivity index is 1.44. The minimum absolute atomic E-state index is 0.122. The predicted octanol–water partition coefficient (Wildman–Crippen LogP) is 4.47. The lowest BCUT2D eigenvalue weighted by molar-refractivity contribution is -0.128. The monoisotopic (exact) mass is 689 g/mol. The lowest BCUT2D eigenvalue weighted by Gasteiger charge is -2.29. The van der Waals surface area contributed by atoms with Gasteiger partial charge >= 0.3 is 6.09 Å². The number of hydrogen-bond donors (Lipinski definition) is 3. The number of carbonyl (C=O) groups is 3. The van der Waals surface area contributed by atoms with E-state index in [0.717, 1.165) is 22.6 Å². The molecule has 1 aromatic heterocycles. The van der Waals surface area contributed by atoms with Crippen LogP contribution in [0.4, 0.5) is 4.79 Å². The van der Waals surface area contributed by atoms with Gasteiger partial charge in [0, 0.05) is 18.5 Å². The average molecular weight is 690 g/mol. The van der Waals surface area contributed by atoms with Crippen LogP contribution in [0.25, 0.3) is 0 Å². The fourth-order valence-corrected chi connectivity index (χ4v) is 5.41. The zero-order valence-electron chi connectivity index (χ0n) is 29.0. The van der Waals surface area contributed by atoms with Crippen LogP contribution in [-0.2, 0) is 30.4 Å². The minimum atomic E-state index is -1.28. The molecular formula is C37H47N5O6S. The molecule has 0 saturated carbocycles. The molecule has 1 aliphatic heterocycles. The van der Waals surface area contributed by atoms with Crippen molar-refractivity contribution >= 4 is 29.7 Å². The molecule has 2 heterocycles. The van der Waals surface area contributed by atoms with Crippen LogP contribution in [0.1, 0.15) is 64.4 Å². The molecular weight excluding hydrogens is 643 g/mol. The Kier molecular flexibility index (Phi) is 13.3. The summed E-state index contributed by atoms with van der Waals surface area (Å²) in [5, 5.41) is 8.66. The molecule has 3 unspecified atom stereocenters. The fourth-order valence-electron chi connectivity index (χ4n) is 4.88. The summed E-state index contributed by atoms with van der Waals surface area (Å²) in [6, 6.07) is 18.1. The zero-order chi connectivity index (χ0) is 35.4. The molecule has 4 atom stereocenters. The van der Waals surface area contributed by atoms with Crippen molar-refractivity contribution in [1.29, 1.82) is 0 Å². The Labute approximate surface area is 293 Å². The number of imidazole rings is 1. The molecule has 1 saturated heterocycles. The number of amides is 3. The smallest absolute Gasteiger partial charge is 0.408 e. The molecule has 0 radical (unpaired) electrons. The van der Waals surface area contributed by atoms with E-state index >= 15 is 0 Å². The number of carbonyl (C=O) groups excluding carboxylic acids is 3. The molecule has 1 fully saturated rings. The van der Waals surface area contributed by atoms with E-state index in [1.807, 2.05) is 60.7 Å². The van der Waals surface area contributed by atoms with Crippen molar-refractivity contribution < 1.29 is 28.6 Å². The van der Waals surface area contributed by atoms with Crippen molar-refractivity contribution in [1.82, 2.24) is 25.5 Å². The lowest BCUT2D eigenvalue weighted by atomic mass is 10.0. The van der Waals surface area contributed by atoms with Crippen molar-refractivity contribution in [3.05, 3.63) is 90.0 Å². The molecule has 3 N–H and O–H groups in total. The van der Waals surface area contributed by atoms with Gasteiger partial charge in [-0.25, -0.2) is 9.78 Å². The first-order valence-electron chi connectivity index (χ1n) is 16.4. The van der Waals surface area contributed by atoms with Crippen molar-refractivity contribution in [2.24, 2.45) is 0 Å². The van der Waals surface area contributed by atoms with Crippen molar-refractivity contribution in [3.8, 4) is 11.8 Å². The summed E-state index contributed by atoms with van der Waals surface area (Å²) in [5.74, 6) is 7.44. The van der Waals surface area contributed by atoms with Gasteiger partial charge in [0.1, 0.15) is 35.1 Å². The summed E-state index contributed by atoms with van der Waals surface area (Å²) < 4.78 is 19.0. The molecule has 0 bridgehead atoms. The van der Waals surface area contributed by atoms with Crippen LogP contribution in [-0.4, -0.2) is 81.5 Å². The lowest BCUT2D eigenvalue weighted by Crippen LogP contribution is -2.58. The minimum Gasteiger partial charge on any atom is -0.444 e. The predicted molar refractivity (Wildman–Crippen MR) is 190 cm³/mol. The molecule has 3 aromatic rings. The van der Waals surface area contributed by atoms with Gasteiger partial charge in [-0.2, -0.15) is 11.8 Å². The second kappa shape index (κ2) is 17.4. The molecule has 4 rings (SSSR count). The average Bonchev–Trinajstić information content (AvgIpc) is 3.68. The highest BCUT2D eigenvalue weighted by Gasteiger charge is 2.46. The number of rotatable bonds is 15. The summed E-state index contributed by atoms with van der Waals surface area (Å²) in [7, 11) is 0. The number of thioether (sulfide) groups is 1. The number of aromatic nitrogens is 2. The molecule has 11 nitrogen and oxygen atoms in total. The summed E-state index contributed by atoms with van der Waals surface area (Å²) in [4.78, 5) is 43.5. The van der Waals surface area contributed by atoms with Crippen LogP contribution < -0.4 is 16.0 Å². The number of alkyl carbamates (subject to hydrolysis) is 1. The maximum atomic E-state index is 13.4. The first-order chi connectivity index (χ1) is 23.4. The summed E-state index contributed by atoms with van der Waals surface area (Å²) >= 11 is 1.77. The standard InChI is InChI=1S/C37H47N5O6S/c1-7-49-21-20-38-33(43)31(27-16-12-9-13-17-27)42-22-28(39-25-42)18-19-30-32(47-30)29(24-46-23-26-14-10-8-11-15-26)40-34(44)37(5,6)41-35(45)48-36(2,3)4/h8-17,22,25,29-32H,7,20-21,23-24H2,1-6H3,(H,38,43)(H,40,44)(H,41,45)/t29-,30?,31?,32?/m1/s1. The summed E-state index contributed by atoms with van der Waals surface area (Å²) in [6.45, 7) is 11.6. The zero-order valence-corrected chi connectivity index (χ0v) is 29.8. The van der Waals surface area contributed by atoms with E-state index in [9.17, 15) is 14.4 Å². The molecule has 262 valence electrons. The molecule has 49 heavy (non-hydrogen) atoms. The molecule has 1 aliphatic rings. The van der Waals surface area contributed by atoms with Crippen LogP contribution in [0.3, 0.4) is 0 Å². The SMILES string of the molecule is CCSCCNC(=O)C(c1ccccc1)n1cnc(C#CC2OC2[C@@H](COCc2ccccc2)NC(=O)C(C)(C)NC(=O)OC(C)(C)C)c1. The Morgan fingerprint density at radius 1 is 1.04 bits per heavy atom. The topological polar surface area (TPSA) is 136 Å². The number of hydrogen-bond acceptors (Lipinski definition) is 8. The van der Waals surface area contributed by atoms with Gasteiger partial charge in [0.25, 0.3) is 0 Å². The normalized spacial score (nSPS) is 16.8. The van der Waals surface area contributed by atoms with E-state index in [0.29, 0.717) is 18.8 Å². The molecule has 0 spiro atoms. The highest BCUT2D eigenvalue weighted by atomic mass is 32.2. The fraction of sp³-hybridized carbons (Fsp3) is 0.459. The van der Waals surface area contributed by atoms with Gasteiger partial charge in [0.05, 0.1) is 25.6 Å². The molecule has 0 aliphatic carbocycles. The number of nitrogens with one attached hydrogen (secondary N) is 3. The molecule has 2 aromatic carbocycles. The van der Waals surface area contributed by atoms with Gasteiger partial charge in [0.15, 0.2) is 0 Å². The molecule has 12 heteroatoms. The van der Waals surface area contributed by atoms with E-state index < -0.39 is 47.4 Å². The Morgan fingerprint density at radius 3 is 2.41 bits per heavy atom. The van der Waals surface area contributed by atoms with E-state index in [4.69, 9.17) is 14.2 Å². The second-order valence-corrected chi connectivity index (χ2v) is 14.5. The van der Waals surface area contributed by atoms with Gasteiger partial charge < -0.3 is 34.7 Å². The third-order valence-corrected chi connectivity index (χ3v) is 8.29. The van der Waals surface area contributed by atoms with Crippen LogP contribution in [0.2, 0.25) is 0 Å². The maximum absolute atomic E-state index is 13.4. The van der Waals surface area contributed by atoms with Crippen molar-refractivity contribution in [2.75, 3.05) is 24.7 Å². The summed E-state index contributed by atoms with van der Waals surface area (Å²) in [5.41, 5.74) is 0.317. The Bertz CT molecular complexity index is 1600. The van der Waals surface area contributed by atoms with E-state index in [-0.39, 0.29) is 12.5 Å². The van der Waals surface area contributed by atoms with E-state index in [1.54, 1.807) is 63.5 Å². The number of benzene rings is 2. The first-order valence-corrected chi connectivity index (χ1v) is 17.6. The Hall–Kier alpha value is -4.31. The number of epoxide rings is 1. The van der Waals surface area contributed by atoms with Gasteiger partial charge in [-0.3, -0.25) is 9.59 Å². The maximum Gasteiger partial charge on any atom is 0.408 e. The van der Waals surface area contributed by atoms with E-state index in [2.05, 4.69) is 39.7 Å². The third-order valence-electron chi connectivity index (χ3n) is 7.38. The quantitative estimate of drug-likeness (QED) is 0.121. The van der Waals surface area contributed by atoms with Gasteiger partial charge in [-0.05, 0) is 57.4 Å². The van der Waals surface area contributed by atoms with Crippen molar-refractivity contribution in [2.45, 2.75) is 83.6 Å². The van der Waals surface area contributed by atoms with Gasteiger partial charge in [-0.1, -0.05) is 73.5 Å². The number of nitrogens with zero attached hydrogens (tertiary/aromatic N) is 2. The van der Waals surface area contributed by atoms with Crippen LogP contribution in [0.5, 0.6) is 0 Å². The van der Waals surface area contributed by atoms with Crippen LogP contribution >= 0.6 is 11.8 Å².